The van der Waals surface area contributed by atoms with Crippen LogP contribution in [-0.4, -0.2) is 41.1 Å². The van der Waals surface area contributed by atoms with Crippen LogP contribution in [0.1, 0.15) is 17.5 Å². The van der Waals surface area contributed by atoms with Crippen LogP contribution in [-0.2, 0) is 0 Å². The van der Waals surface area contributed by atoms with Gasteiger partial charge in [-0.05, 0) is 19.1 Å². The zero-order valence-electron chi connectivity index (χ0n) is 9.46. The molecule has 0 saturated heterocycles. The van der Waals surface area contributed by atoms with E-state index in [1.807, 2.05) is 0 Å². The van der Waals surface area contributed by atoms with Crippen LogP contribution >= 0.6 is 0 Å². The first kappa shape index (κ1) is 12.2. The molecule has 0 amide bonds. The summed E-state index contributed by atoms with van der Waals surface area (Å²) in [6.45, 7) is 4.32. The number of nitrogens with zero attached hydrogens (tertiary/aromatic N) is 2. The maximum Gasteiger partial charge on any atom is 0.371 e. The third-order valence-corrected chi connectivity index (χ3v) is 2.07. The SMILES string of the molecule is CCN1C=CN(C)C1.O=C(O)c1ccco1. The molecule has 1 aliphatic heterocycles. The van der Waals surface area contributed by atoms with Gasteiger partial charge in [-0.3, -0.25) is 0 Å². The minimum atomic E-state index is -1.03. The van der Waals surface area contributed by atoms with Crippen molar-refractivity contribution in [3.8, 4) is 0 Å². The average Bonchev–Trinajstić information content (AvgIpc) is 2.88. The lowest BCUT2D eigenvalue weighted by molar-refractivity contribution is 0.0662. The van der Waals surface area contributed by atoms with E-state index in [0.717, 1.165) is 13.2 Å². The molecule has 2 rings (SSSR count). The Morgan fingerprint density at radius 2 is 2.31 bits per heavy atom. The van der Waals surface area contributed by atoms with Crippen molar-refractivity contribution < 1.29 is 14.3 Å². The number of hydrogen-bond donors (Lipinski definition) is 1. The first-order valence-electron chi connectivity index (χ1n) is 5.03. The number of carbonyl (C=O) groups is 1. The van der Waals surface area contributed by atoms with E-state index >= 15 is 0 Å². The Labute approximate surface area is 94.6 Å². The van der Waals surface area contributed by atoms with Crippen molar-refractivity contribution in [2.24, 2.45) is 0 Å². The zero-order valence-corrected chi connectivity index (χ0v) is 9.46. The van der Waals surface area contributed by atoms with Gasteiger partial charge in [0.1, 0.15) is 0 Å². The van der Waals surface area contributed by atoms with Gasteiger partial charge in [-0.2, -0.15) is 0 Å². The fourth-order valence-electron chi connectivity index (χ4n) is 1.19. The quantitative estimate of drug-likeness (QED) is 0.828. The third kappa shape index (κ3) is 3.68. The van der Waals surface area contributed by atoms with Gasteiger partial charge in [-0.15, -0.1) is 0 Å². The van der Waals surface area contributed by atoms with Crippen molar-refractivity contribution in [2.45, 2.75) is 6.92 Å². The molecule has 2 heterocycles. The van der Waals surface area contributed by atoms with Crippen LogP contribution in [0.3, 0.4) is 0 Å². The van der Waals surface area contributed by atoms with Gasteiger partial charge in [-0.1, -0.05) is 0 Å². The zero-order chi connectivity index (χ0) is 12.0. The average molecular weight is 224 g/mol. The molecule has 0 bridgehead atoms. The molecule has 0 unspecified atom stereocenters. The Morgan fingerprint density at radius 3 is 2.56 bits per heavy atom. The van der Waals surface area contributed by atoms with Crippen molar-refractivity contribution in [2.75, 3.05) is 20.3 Å². The second-order valence-electron chi connectivity index (χ2n) is 3.38. The van der Waals surface area contributed by atoms with Crippen LogP contribution in [0.5, 0.6) is 0 Å². The van der Waals surface area contributed by atoms with Gasteiger partial charge in [0.05, 0.1) is 12.9 Å². The molecule has 1 aliphatic rings. The molecule has 0 saturated carbocycles. The van der Waals surface area contributed by atoms with E-state index in [4.69, 9.17) is 5.11 Å². The number of carboxylic acid groups (broad SMARTS) is 1. The van der Waals surface area contributed by atoms with Crippen LogP contribution in [0.15, 0.2) is 35.2 Å². The molecule has 0 aliphatic carbocycles. The summed E-state index contributed by atoms with van der Waals surface area (Å²) in [5.41, 5.74) is 0. The Hall–Kier alpha value is -1.91. The first-order chi connectivity index (χ1) is 7.63. The first-order valence-corrected chi connectivity index (χ1v) is 5.03. The lowest BCUT2D eigenvalue weighted by atomic mass is 10.5. The van der Waals surface area contributed by atoms with Crippen LogP contribution in [0.25, 0.3) is 0 Å². The lowest BCUT2D eigenvalue weighted by Crippen LogP contribution is -2.21. The smallest absolute Gasteiger partial charge is 0.371 e. The van der Waals surface area contributed by atoms with Crippen LogP contribution < -0.4 is 0 Å². The molecule has 16 heavy (non-hydrogen) atoms. The molecule has 1 aromatic heterocycles. The summed E-state index contributed by atoms with van der Waals surface area (Å²) in [6, 6.07) is 2.92. The van der Waals surface area contributed by atoms with Crippen molar-refractivity contribution in [1.29, 1.82) is 0 Å². The van der Waals surface area contributed by atoms with Gasteiger partial charge >= 0.3 is 5.97 Å². The number of hydrogen-bond acceptors (Lipinski definition) is 4. The highest BCUT2D eigenvalue weighted by molar-refractivity contribution is 5.84. The standard InChI is InChI=1S/C6H12N2.C5H4O3/c1-3-8-5-4-7(2)6-8;6-5(7)4-2-1-3-8-4/h4-5H,3,6H2,1-2H3;1-3H,(H,6,7). The minimum absolute atomic E-state index is 0.0231. The number of furan rings is 1. The molecule has 5 nitrogen and oxygen atoms in total. The molecular weight excluding hydrogens is 208 g/mol. The van der Waals surface area contributed by atoms with Gasteiger partial charge in [0.25, 0.3) is 0 Å². The van der Waals surface area contributed by atoms with Crippen LogP contribution in [0.4, 0.5) is 0 Å². The number of rotatable bonds is 2. The van der Waals surface area contributed by atoms with Crippen LogP contribution in [0.2, 0.25) is 0 Å². The molecule has 0 radical (unpaired) electrons. The van der Waals surface area contributed by atoms with E-state index in [9.17, 15) is 4.79 Å². The molecule has 88 valence electrons. The molecule has 1 aromatic rings. The van der Waals surface area contributed by atoms with Gasteiger partial charge in [0.15, 0.2) is 0 Å². The fraction of sp³-hybridized carbons (Fsp3) is 0.364. The molecule has 0 fully saturated rings. The summed E-state index contributed by atoms with van der Waals surface area (Å²) >= 11 is 0. The Balaban J connectivity index is 0.000000160. The highest BCUT2D eigenvalue weighted by Crippen LogP contribution is 2.01. The third-order valence-electron chi connectivity index (χ3n) is 2.07. The Kier molecular flexibility index (Phi) is 4.44. The molecule has 5 heteroatoms. The summed E-state index contributed by atoms with van der Waals surface area (Å²) in [6.07, 6.45) is 5.52. The summed E-state index contributed by atoms with van der Waals surface area (Å²) in [5.74, 6) is -1.06. The van der Waals surface area contributed by atoms with E-state index < -0.39 is 5.97 Å². The van der Waals surface area contributed by atoms with Gasteiger partial charge in [-0.25, -0.2) is 4.79 Å². The number of carboxylic acids is 1. The molecule has 0 spiro atoms. The summed E-state index contributed by atoms with van der Waals surface area (Å²) in [7, 11) is 2.08. The van der Waals surface area contributed by atoms with Crippen molar-refractivity contribution in [3.05, 3.63) is 36.6 Å². The second-order valence-corrected chi connectivity index (χ2v) is 3.38. The highest BCUT2D eigenvalue weighted by Gasteiger charge is 2.03. The van der Waals surface area contributed by atoms with E-state index in [1.165, 1.54) is 18.4 Å². The van der Waals surface area contributed by atoms with Crippen molar-refractivity contribution in [1.82, 2.24) is 9.80 Å². The maximum absolute atomic E-state index is 9.97. The summed E-state index contributed by atoms with van der Waals surface area (Å²) in [4.78, 5) is 14.4. The minimum Gasteiger partial charge on any atom is -0.475 e. The van der Waals surface area contributed by atoms with E-state index in [1.54, 1.807) is 0 Å². The van der Waals surface area contributed by atoms with Crippen molar-refractivity contribution >= 4 is 5.97 Å². The number of aromatic carboxylic acids is 1. The molecule has 1 N–H and O–H groups in total. The Morgan fingerprint density at radius 1 is 1.56 bits per heavy atom. The van der Waals surface area contributed by atoms with Crippen molar-refractivity contribution in [3.63, 3.8) is 0 Å². The van der Waals surface area contributed by atoms with E-state index in [-0.39, 0.29) is 5.76 Å². The van der Waals surface area contributed by atoms with E-state index in [2.05, 4.69) is 40.6 Å². The molecule has 0 aromatic carbocycles. The topological polar surface area (TPSA) is 56.9 Å². The van der Waals surface area contributed by atoms with E-state index in [0.29, 0.717) is 0 Å². The Bertz CT molecular complexity index is 346. The largest absolute Gasteiger partial charge is 0.475 e. The molecular formula is C11H16N2O3. The fourth-order valence-corrected chi connectivity index (χ4v) is 1.19. The monoisotopic (exact) mass is 224 g/mol. The van der Waals surface area contributed by atoms with Gasteiger partial charge < -0.3 is 19.3 Å². The predicted octanol–water partition coefficient (Wildman–Crippen LogP) is 1.66. The summed E-state index contributed by atoms with van der Waals surface area (Å²) in [5, 5.41) is 8.18. The normalized spacial score (nSPS) is 13.6. The van der Waals surface area contributed by atoms with Gasteiger partial charge in [0, 0.05) is 26.0 Å². The lowest BCUT2D eigenvalue weighted by Gasteiger charge is -2.14. The predicted molar refractivity (Wildman–Crippen MR) is 59.8 cm³/mol. The van der Waals surface area contributed by atoms with Crippen LogP contribution in [0, 0.1) is 0 Å². The maximum atomic E-state index is 9.97. The molecule has 0 atom stereocenters. The van der Waals surface area contributed by atoms with Gasteiger partial charge in [0.2, 0.25) is 5.76 Å². The second kappa shape index (κ2) is 5.85. The highest BCUT2D eigenvalue weighted by atomic mass is 16.4. The summed E-state index contributed by atoms with van der Waals surface area (Å²) < 4.78 is 4.50.